The Bertz CT molecular complexity index is 1340. The molecule has 0 bridgehead atoms. The molecule has 39 heavy (non-hydrogen) atoms. The first-order valence-electron chi connectivity index (χ1n) is 12.3. The standard InChI is InChI=1S/C24H26ClF3N8O2S/c1-13(23-30-10-18(39-23)22(38)34-19-7-15(24(26,27)28)16(25)9-29-19)33-21(37)17-8-20(32-12-31-17)36-6-5-35-4-2-3-14(35)11-36/h7-10,12-14,22,38H,2-6,11H2,1H3,(H,29,34)(H,33,37). The third kappa shape index (κ3) is 6.24. The van der Waals surface area contributed by atoms with Crippen molar-refractivity contribution in [3.05, 3.63) is 57.0 Å². The van der Waals surface area contributed by atoms with Gasteiger partial charge in [0.25, 0.3) is 5.91 Å². The fraction of sp³-hybridized carbons (Fsp3) is 0.458. The van der Waals surface area contributed by atoms with E-state index in [-0.39, 0.29) is 11.5 Å². The number of carbonyl (C=O) groups excluding carboxylic acids is 1. The highest BCUT2D eigenvalue weighted by Crippen LogP contribution is 2.36. The molecule has 0 spiro atoms. The van der Waals surface area contributed by atoms with Gasteiger partial charge in [-0.15, -0.1) is 11.3 Å². The number of alkyl halides is 3. The summed E-state index contributed by atoms with van der Waals surface area (Å²) >= 11 is 6.69. The number of pyridine rings is 1. The van der Waals surface area contributed by atoms with Gasteiger partial charge in [-0.25, -0.2) is 19.9 Å². The van der Waals surface area contributed by atoms with Crippen LogP contribution in [0.1, 0.15) is 58.0 Å². The number of piperazine rings is 1. The van der Waals surface area contributed by atoms with Crippen LogP contribution in [0.4, 0.5) is 24.8 Å². The van der Waals surface area contributed by atoms with E-state index in [1.165, 1.54) is 18.9 Å². The zero-order valence-electron chi connectivity index (χ0n) is 20.8. The third-order valence-corrected chi connectivity index (χ3v) is 8.30. The lowest BCUT2D eigenvalue weighted by molar-refractivity contribution is -0.137. The molecule has 10 nitrogen and oxygen atoms in total. The second-order valence-electron chi connectivity index (χ2n) is 9.43. The molecule has 5 rings (SSSR count). The van der Waals surface area contributed by atoms with Crippen molar-refractivity contribution < 1.29 is 23.1 Å². The van der Waals surface area contributed by atoms with Crippen molar-refractivity contribution in [3.8, 4) is 0 Å². The van der Waals surface area contributed by atoms with Crippen LogP contribution in [-0.4, -0.2) is 68.1 Å². The summed E-state index contributed by atoms with van der Waals surface area (Å²) in [6.45, 7) is 5.55. The molecular weight excluding hydrogens is 557 g/mol. The quantitative estimate of drug-likeness (QED) is 0.357. The van der Waals surface area contributed by atoms with Crippen molar-refractivity contribution in [2.24, 2.45) is 0 Å². The lowest BCUT2D eigenvalue weighted by Crippen LogP contribution is -2.50. The van der Waals surface area contributed by atoms with Crippen molar-refractivity contribution in [2.45, 2.75) is 44.3 Å². The van der Waals surface area contributed by atoms with Crippen LogP contribution in [0, 0.1) is 0 Å². The van der Waals surface area contributed by atoms with E-state index in [1.54, 1.807) is 13.0 Å². The van der Waals surface area contributed by atoms with Crippen LogP contribution in [0.25, 0.3) is 0 Å². The Kier molecular flexibility index (Phi) is 7.89. The van der Waals surface area contributed by atoms with E-state index in [0.29, 0.717) is 21.7 Å². The number of hydrogen-bond acceptors (Lipinski definition) is 10. The summed E-state index contributed by atoms with van der Waals surface area (Å²) in [5.41, 5.74) is -0.836. The molecule has 2 aliphatic rings. The zero-order chi connectivity index (χ0) is 27.7. The molecule has 15 heteroatoms. The highest BCUT2D eigenvalue weighted by atomic mass is 35.5. The van der Waals surface area contributed by atoms with Gasteiger partial charge < -0.3 is 20.6 Å². The molecule has 0 saturated carbocycles. The minimum Gasteiger partial charge on any atom is -0.369 e. The minimum absolute atomic E-state index is 0.204. The van der Waals surface area contributed by atoms with E-state index in [4.69, 9.17) is 11.6 Å². The normalized spacial score (nSPS) is 19.4. The van der Waals surface area contributed by atoms with E-state index in [0.717, 1.165) is 56.2 Å². The first-order valence-corrected chi connectivity index (χ1v) is 13.5. The summed E-state index contributed by atoms with van der Waals surface area (Å²) in [6.07, 6.45) is -0.0440. The van der Waals surface area contributed by atoms with Crippen molar-refractivity contribution in [1.29, 1.82) is 0 Å². The number of aliphatic hydroxyl groups excluding tert-OH is 1. The second kappa shape index (κ2) is 11.2. The summed E-state index contributed by atoms with van der Waals surface area (Å²) in [7, 11) is 0. The summed E-state index contributed by atoms with van der Waals surface area (Å²) in [6, 6.07) is 2.40. The Morgan fingerprint density at radius 1 is 1.18 bits per heavy atom. The fourth-order valence-corrected chi connectivity index (χ4v) is 5.82. The molecular formula is C24H26ClF3N8O2S. The molecule has 0 radical (unpaired) electrons. The number of thiazole rings is 1. The molecule has 3 N–H and O–H groups in total. The maximum absolute atomic E-state index is 13.1. The van der Waals surface area contributed by atoms with Gasteiger partial charge in [0.05, 0.1) is 21.5 Å². The van der Waals surface area contributed by atoms with Gasteiger partial charge in [-0.3, -0.25) is 9.69 Å². The van der Waals surface area contributed by atoms with Crippen molar-refractivity contribution in [1.82, 2.24) is 30.2 Å². The summed E-state index contributed by atoms with van der Waals surface area (Å²) < 4.78 is 39.3. The molecule has 208 valence electrons. The zero-order valence-corrected chi connectivity index (χ0v) is 22.4. The third-order valence-electron chi connectivity index (χ3n) is 6.77. The molecule has 0 aromatic carbocycles. The molecule has 2 aliphatic heterocycles. The van der Waals surface area contributed by atoms with Crippen LogP contribution in [0.15, 0.2) is 30.9 Å². The largest absolute Gasteiger partial charge is 0.418 e. The average Bonchev–Trinajstić information content (AvgIpc) is 3.59. The van der Waals surface area contributed by atoms with E-state index >= 15 is 0 Å². The second-order valence-corrected chi connectivity index (χ2v) is 10.9. The summed E-state index contributed by atoms with van der Waals surface area (Å²) in [5, 5.41) is 15.8. The van der Waals surface area contributed by atoms with Crippen molar-refractivity contribution in [2.75, 3.05) is 36.4 Å². The van der Waals surface area contributed by atoms with Crippen LogP contribution in [0.2, 0.25) is 5.02 Å². The van der Waals surface area contributed by atoms with Crippen LogP contribution < -0.4 is 15.5 Å². The Hall–Kier alpha value is -3.07. The summed E-state index contributed by atoms with van der Waals surface area (Å²) in [5.74, 6) is 0.111. The molecule has 3 aromatic rings. The number of nitrogens with zero attached hydrogens (tertiary/aromatic N) is 6. The number of halogens is 4. The van der Waals surface area contributed by atoms with E-state index in [9.17, 15) is 23.1 Å². The Balaban J connectivity index is 1.21. The van der Waals surface area contributed by atoms with Gasteiger partial charge in [0.1, 0.15) is 28.7 Å². The molecule has 0 aliphatic carbocycles. The molecule has 3 unspecified atom stereocenters. The van der Waals surface area contributed by atoms with Crippen LogP contribution >= 0.6 is 22.9 Å². The van der Waals surface area contributed by atoms with Gasteiger partial charge in [-0.1, -0.05) is 11.6 Å². The average molecular weight is 583 g/mol. The van der Waals surface area contributed by atoms with E-state index in [1.807, 2.05) is 0 Å². The van der Waals surface area contributed by atoms with Gasteiger partial charge in [0, 0.05) is 44.1 Å². The van der Waals surface area contributed by atoms with Crippen LogP contribution in [0.3, 0.4) is 0 Å². The first-order chi connectivity index (χ1) is 18.6. The number of carbonyl (C=O) groups is 1. The van der Waals surface area contributed by atoms with Gasteiger partial charge in [0.2, 0.25) is 0 Å². The smallest absolute Gasteiger partial charge is 0.369 e. The number of anilines is 2. The van der Waals surface area contributed by atoms with Gasteiger partial charge in [-0.2, -0.15) is 13.2 Å². The van der Waals surface area contributed by atoms with Crippen LogP contribution in [-0.2, 0) is 6.18 Å². The number of amides is 1. The number of aliphatic hydroxyl groups is 1. The molecule has 3 atom stereocenters. The first kappa shape index (κ1) is 27.5. The number of fused-ring (bicyclic) bond motifs is 1. The molecule has 2 saturated heterocycles. The molecule has 2 fully saturated rings. The predicted octanol–water partition coefficient (Wildman–Crippen LogP) is 3.88. The maximum Gasteiger partial charge on any atom is 0.418 e. The fourth-order valence-electron chi connectivity index (χ4n) is 4.75. The molecule has 3 aromatic heterocycles. The van der Waals surface area contributed by atoms with Gasteiger partial charge >= 0.3 is 6.18 Å². The lowest BCUT2D eigenvalue weighted by Gasteiger charge is -2.38. The SMILES string of the molecule is CC(NC(=O)c1cc(N2CCN3CCCC3C2)ncn1)c1ncc(C(O)Nc2cc(C(F)(F)F)c(Cl)cn2)s1. The topological polar surface area (TPSA) is 119 Å². The minimum atomic E-state index is -4.66. The lowest BCUT2D eigenvalue weighted by atomic mass is 10.1. The van der Waals surface area contributed by atoms with Gasteiger partial charge in [0.15, 0.2) is 6.23 Å². The highest BCUT2D eigenvalue weighted by Gasteiger charge is 2.34. The molecule has 5 heterocycles. The Labute approximate surface area is 231 Å². The van der Waals surface area contributed by atoms with Crippen molar-refractivity contribution >= 4 is 40.5 Å². The van der Waals surface area contributed by atoms with Gasteiger partial charge in [-0.05, 0) is 32.4 Å². The monoisotopic (exact) mass is 582 g/mol. The number of nitrogens with one attached hydrogen (secondary N) is 2. The van der Waals surface area contributed by atoms with E-state index < -0.39 is 34.9 Å². The number of hydrogen-bond donors (Lipinski definition) is 3. The summed E-state index contributed by atoms with van der Waals surface area (Å²) in [4.78, 5) is 34.5. The predicted molar refractivity (Wildman–Crippen MR) is 140 cm³/mol. The maximum atomic E-state index is 13.1. The highest BCUT2D eigenvalue weighted by molar-refractivity contribution is 7.11. The van der Waals surface area contributed by atoms with E-state index in [2.05, 4.69) is 40.4 Å². The molecule has 1 amide bonds. The Morgan fingerprint density at radius 2 is 2.00 bits per heavy atom. The number of rotatable bonds is 7. The number of aromatic nitrogens is 4. The Morgan fingerprint density at radius 3 is 2.79 bits per heavy atom. The van der Waals surface area contributed by atoms with Crippen LogP contribution in [0.5, 0.6) is 0 Å². The van der Waals surface area contributed by atoms with Crippen molar-refractivity contribution in [3.63, 3.8) is 0 Å².